The van der Waals surface area contributed by atoms with Gasteiger partial charge in [-0.05, 0) is 62.4 Å². The molecule has 0 saturated carbocycles. The minimum atomic E-state index is -4.38. The average molecular weight is 380 g/mol. The lowest BCUT2D eigenvalue weighted by Crippen LogP contribution is -2.13. The van der Waals surface area contributed by atoms with E-state index in [4.69, 9.17) is 14.4 Å². The highest BCUT2D eigenvalue weighted by Gasteiger charge is 2.30. The molecule has 0 spiro atoms. The van der Waals surface area contributed by atoms with E-state index < -0.39 is 11.7 Å². The zero-order valence-electron chi connectivity index (χ0n) is 15.1. The van der Waals surface area contributed by atoms with Gasteiger partial charge in [-0.2, -0.15) is 13.2 Å². The molecule has 8 heteroatoms. The van der Waals surface area contributed by atoms with Gasteiger partial charge < -0.3 is 14.4 Å². The number of hydrogen-bond donors (Lipinski definition) is 0. The van der Waals surface area contributed by atoms with Crippen molar-refractivity contribution < 1.29 is 27.6 Å². The summed E-state index contributed by atoms with van der Waals surface area (Å²) in [6.45, 7) is 3.94. The third kappa shape index (κ3) is 5.73. The Kier molecular flexibility index (Phi) is 6.81. The molecule has 0 aliphatic rings. The van der Waals surface area contributed by atoms with Crippen LogP contribution in [0.2, 0.25) is 0 Å². The van der Waals surface area contributed by atoms with Crippen LogP contribution in [0.1, 0.15) is 25.0 Å². The van der Waals surface area contributed by atoms with Crippen LogP contribution in [0.4, 0.5) is 13.2 Å². The van der Waals surface area contributed by atoms with Gasteiger partial charge in [0.25, 0.3) is 0 Å². The third-order valence-corrected chi connectivity index (χ3v) is 3.40. The summed E-state index contributed by atoms with van der Waals surface area (Å²) in [6.07, 6.45) is -4.38. The number of oxime groups is 2. The van der Waals surface area contributed by atoms with E-state index in [9.17, 15) is 13.2 Å². The van der Waals surface area contributed by atoms with E-state index in [1.165, 1.54) is 19.2 Å². The fraction of sp³-hybridized carbons (Fsp3) is 0.263. The van der Waals surface area contributed by atoms with E-state index in [1.54, 1.807) is 31.2 Å². The number of rotatable bonds is 7. The molecule has 0 fully saturated rings. The highest BCUT2D eigenvalue weighted by molar-refractivity contribution is 6.47. The Hall–Kier alpha value is -3.03. The van der Waals surface area contributed by atoms with Crippen LogP contribution in [0, 0.1) is 0 Å². The first-order valence-corrected chi connectivity index (χ1v) is 8.08. The zero-order chi connectivity index (χ0) is 19.9. The molecule has 27 heavy (non-hydrogen) atoms. The van der Waals surface area contributed by atoms with Gasteiger partial charge in [0.1, 0.15) is 36.6 Å². The SMILES string of the molecule is CCON=C(C(C)=NOC)c1ccc(Oc2ccc(C(F)(F)F)cc2)cc1. The van der Waals surface area contributed by atoms with E-state index in [2.05, 4.69) is 10.3 Å². The molecular formula is C19H19F3N2O3. The van der Waals surface area contributed by atoms with Gasteiger partial charge in [0.05, 0.1) is 5.56 Å². The molecule has 2 aromatic carbocycles. The van der Waals surface area contributed by atoms with Crippen molar-refractivity contribution in [2.24, 2.45) is 10.3 Å². The van der Waals surface area contributed by atoms with Crippen LogP contribution < -0.4 is 4.74 Å². The minimum Gasteiger partial charge on any atom is -0.457 e. The van der Waals surface area contributed by atoms with Crippen molar-refractivity contribution in [2.75, 3.05) is 13.7 Å². The second-order valence-corrected chi connectivity index (χ2v) is 5.37. The van der Waals surface area contributed by atoms with Crippen molar-refractivity contribution in [1.29, 1.82) is 0 Å². The Bertz CT molecular complexity index is 798. The van der Waals surface area contributed by atoms with Crippen LogP contribution in [0.5, 0.6) is 11.5 Å². The van der Waals surface area contributed by atoms with Gasteiger partial charge in [-0.15, -0.1) is 0 Å². The molecule has 0 atom stereocenters. The molecule has 5 nitrogen and oxygen atoms in total. The van der Waals surface area contributed by atoms with Gasteiger partial charge in [-0.1, -0.05) is 10.3 Å². The van der Waals surface area contributed by atoms with Crippen molar-refractivity contribution in [3.8, 4) is 11.5 Å². The number of halogens is 3. The molecule has 2 rings (SSSR count). The maximum atomic E-state index is 12.6. The molecule has 0 saturated heterocycles. The Morgan fingerprint density at radius 3 is 1.96 bits per heavy atom. The van der Waals surface area contributed by atoms with Crippen molar-refractivity contribution >= 4 is 11.4 Å². The number of ether oxygens (including phenoxy) is 1. The average Bonchev–Trinajstić information content (AvgIpc) is 2.63. The predicted molar refractivity (Wildman–Crippen MR) is 96.2 cm³/mol. The molecular weight excluding hydrogens is 361 g/mol. The summed E-state index contributed by atoms with van der Waals surface area (Å²) < 4.78 is 43.4. The molecule has 0 unspecified atom stereocenters. The Balaban J connectivity index is 2.17. The maximum Gasteiger partial charge on any atom is 0.416 e. The number of alkyl halides is 3. The molecule has 0 aliphatic carbocycles. The summed E-state index contributed by atoms with van der Waals surface area (Å²) in [4.78, 5) is 9.88. The van der Waals surface area contributed by atoms with Crippen LogP contribution in [0.15, 0.2) is 58.8 Å². The number of nitrogens with zero attached hydrogens (tertiary/aromatic N) is 2. The topological polar surface area (TPSA) is 52.4 Å². The van der Waals surface area contributed by atoms with E-state index in [0.29, 0.717) is 29.5 Å². The summed E-state index contributed by atoms with van der Waals surface area (Å²) in [5, 5.41) is 7.89. The van der Waals surface area contributed by atoms with Crippen LogP contribution in [0.3, 0.4) is 0 Å². The molecule has 144 valence electrons. The first kappa shape index (κ1) is 20.3. The summed E-state index contributed by atoms with van der Waals surface area (Å²) in [6, 6.07) is 11.3. The van der Waals surface area contributed by atoms with E-state index in [-0.39, 0.29) is 0 Å². The highest BCUT2D eigenvalue weighted by Crippen LogP contribution is 2.31. The minimum absolute atomic E-state index is 0.302. The largest absolute Gasteiger partial charge is 0.457 e. The van der Waals surface area contributed by atoms with Crippen molar-refractivity contribution in [3.63, 3.8) is 0 Å². The number of hydrogen-bond acceptors (Lipinski definition) is 5. The second kappa shape index (κ2) is 9.07. The van der Waals surface area contributed by atoms with Gasteiger partial charge in [0.2, 0.25) is 0 Å². The number of benzene rings is 2. The molecule has 0 bridgehead atoms. The molecule has 0 amide bonds. The van der Waals surface area contributed by atoms with Crippen LogP contribution in [-0.2, 0) is 15.9 Å². The highest BCUT2D eigenvalue weighted by atomic mass is 19.4. The lowest BCUT2D eigenvalue weighted by molar-refractivity contribution is -0.137. The van der Waals surface area contributed by atoms with E-state index in [1.807, 2.05) is 6.92 Å². The lowest BCUT2D eigenvalue weighted by Gasteiger charge is -2.10. The Labute approximate surface area is 155 Å². The third-order valence-electron chi connectivity index (χ3n) is 3.40. The molecule has 0 N–H and O–H groups in total. The lowest BCUT2D eigenvalue weighted by atomic mass is 10.1. The normalized spacial score (nSPS) is 12.7. The van der Waals surface area contributed by atoms with Crippen molar-refractivity contribution in [3.05, 3.63) is 59.7 Å². The van der Waals surface area contributed by atoms with Gasteiger partial charge in [-0.25, -0.2) is 0 Å². The quantitative estimate of drug-likeness (QED) is 0.486. The monoisotopic (exact) mass is 380 g/mol. The molecule has 0 heterocycles. The molecule has 2 aromatic rings. The van der Waals surface area contributed by atoms with Gasteiger partial charge >= 0.3 is 6.18 Å². The van der Waals surface area contributed by atoms with Crippen molar-refractivity contribution in [2.45, 2.75) is 20.0 Å². The van der Waals surface area contributed by atoms with Gasteiger partial charge in [0, 0.05) is 5.56 Å². The standard InChI is InChI=1S/C19H19F3N2O3/c1-4-26-24-18(13(2)23-25-3)14-5-9-16(10-6-14)27-17-11-7-15(8-12-17)19(20,21)22/h5-12H,4H2,1-3H3. The summed E-state index contributed by atoms with van der Waals surface area (Å²) in [7, 11) is 1.43. The first-order chi connectivity index (χ1) is 12.8. The summed E-state index contributed by atoms with van der Waals surface area (Å²) in [5.41, 5.74) is 1.03. The molecule has 0 radical (unpaired) electrons. The van der Waals surface area contributed by atoms with Crippen LogP contribution in [-0.4, -0.2) is 25.1 Å². The fourth-order valence-electron chi connectivity index (χ4n) is 2.17. The fourth-order valence-corrected chi connectivity index (χ4v) is 2.17. The second-order valence-electron chi connectivity index (χ2n) is 5.37. The van der Waals surface area contributed by atoms with E-state index in [0.717, 1.165) is 17.7 Å². The predicted octanol–water partition coefficient (Wildman–Crippen LogP) is 5.26. The van der Waals surface area contributed by atoms with Crippen LogP contribution >= 0.6 is 0 Å². The van der Waals surface area contributed by atoms with Gasteiger partial charge in [-0.3, -0.25) is 0 Å². The van der Waals surface area contributed by atoms with Crippen LogP contribution in [0.25, 0.3) is 0 Å². The Morgan fingerprint density at radius 2 is 1.48 bits per heavy atom. The summed E-state index contributed by atoms with van der Waals surface area (Å²) in [5.74, 6) is 0.770. The maximum absolute atomic E-state index is 12.6. The summed E-state index contributed by atoms with van der Waals surface area (Å²) >= 11 is 0. The van der Waals surface area contributed by atoms with Gasteiger partial charge in [0.15, 0.2) is 0 Å². The first-order valence-electron chi connectivity index (χ1n) is 8.08. The van der Waals surface area contributed by atoms with Crippen molar-refractivity contribution in [1.82, 2.24) is 0 Å². The van der Waals surface area contributed by atoms with E-state index >= 15 is 0 Å². The molecule has 0 aromatic heterocycles. The smallest absolute Gasteiger partial charge is 0.416 e. The Morgan fingerprint density at radius 1 is 0.926 bits per heavy atom. The molecule has 0 aliphatic heterocycles. The zero-order valence-corrected chi connectivity index (χ0v) is 15.1.